The summed E-state index contributed by atoms with van der Waals surface area (Å²) < 4.78 is 27.0. The molecule has 19 heavy (non-hydrogen) atoms. The van der Waals surface area contributed by atoms with E-state index in [0.29, 0.717) is 0 Å². The van der Waals surface area contributed by atoms with Crippen LogP contribution in [0.5, 0.6) is 0 Å². The van der Waals surface area contributed by atoms with Gasteiger partial charge in [-0.1, -0.05) is 29.3 Å². The smallest absolute Gasteiger partial charge is 0.197 e. The van der Waals surface area contributed by atoms with Crippen LogP contribution in [-0.4, -0.2) is 5.78 Å². The van der Waals surface area contributed by atoms with Crippen molar-refractivity contribution in [1.82, 2.24) is 0 Å². The summed E-state index contributed by atoms with van der Waals surface area (Å²) in [6.07, 6.45) is 0. The Morgan fingerprint density at radius 1 is 1.05 bits per heavy atom. The highest BCUT2D eigenvalue weighted by Crippen LogP contribution is 2.29. The molecule has 0 aliphatic rings. The normalized spacial score (nSPS) is 10.6. The third-order valence-electron chi connectivity index (χ3n) is 2.45. The highest BCUT2D eigenvalue weighted by atomic mass is 79.9. The van der Waals surface area contributed by atoms with Gasteiger partial charge < -0.3 is 0 Å². The van der Waals surface area contributed by atoms with Crippen LogP contribution in [0.15, 0.2) is 34.8 Å². The molecule has 0 amide bonds. The molecule has 0 saturated carbocycles. The quantitative estimate of drug-likeness (QED) is 0.523. The molecule has 0 aliphatic heterocycles. The van der Waals surface area contributed by atoms with Gasteiger partial charge in [0, 0.05) is 5.56 Å². The van der Waals surface area contributed by atoms with Crippen LogP contribution in [0, 0.1) is 11.6 Å². The summed E-state index contributed by atoms with van der Waals surface area (Å²) in [5.41, 5.74) is -0.375. The molecule has 2 aromatic rings. The van der Waals surface area contributed by atoms with Crippen LogP contribution in [0.1, 0.15) is 15.9 Å². The molecule has 0 aromatic heterocycles. The largest absolute Gasteiger partial charge is 0.288 e. The van der Waals surface area contributed by atoms with Gasteiger partial charge in [0.25, 0.3) is 0 Å². The van der Waals surface area contributed by atoms with E-state index in [4.69, 9.17) is 23.2 Å². The second-order valence-corrected chi connectivity index (χ2v) is 5.32. The van der Waals surface area contributed by atoms with Gasteiger partial charge in [-0.25, -0.2) is 8.78 Å². The van der Waals surface area contributed by atoms with Crippen molar-refractivity contribution in [2.45, 2.75) is 0 Å². The number of benzene rings is 2. The van der Waals surface area contributed by atoms with Crippen LogP contribution in [0.3, 0.4) is 0 Å². The maximum atomic E-state index is 13.7. The Morgan fingerprint density at radius 3 is 2.42 bits per heavy atom. The van der Waals surface area contributed by atoms with E-state index in [1.54, 1.807) is 0 Å². The molecule has 0 heterocycles. The molecule has 0 radical (unpaired) electrons. The summed E-state index contributed by atoms with van der Waals surface area (Å²) in [4.78, 5) is 12.1. The van der Waals surface area contributed by atoms with Crippen molar-refractivity contribution in [3.05, 3.63) is 67.6 Å². The lowest BCUT2D eigenvalue weighted by molar-refractivity contribution is 0.103. The van der Waals surface area contributed by atoms with E-state index in [2.05, 4.69) is 15.9 Å². The van der Waals surface area contributed by atoms with Gasteiger partial charge in [-0.2, -0.15) is 0 Å². The number of hydrogen-bond donors (Lipinski definition) is 0. The summed E-state index contributed by atoms with van der Waals surface area (Å²) in [6, 6.07) is 6.11. The monoisotopic (exact) mass is 364 g/mol. The highest BCUT2D eigenvalue weighted by Gasteiger charge is 2.20. The molecule has 0 unspecified atom stereocenters. The van der Waals surface area contributed by atoms with Crippen molar-refractivity contribution < 1.29 is 13.6 Å². The van der Waals surface area contributed by atoms with Gasteiger partial charge in [-0.05, 0) is 40.2 Å². The molecule has 0 saturated heterocycles. The molecular formula is C13H5BrCl2F2O. The van der Waals surface area contributed by atoms with Crippen LogP contribution >= 0.6 is 39.1 Å². The lowest BCUT2D eigenvalue weighted by Crippen LogP contribution is -2.06. The molecule has 1 nitrogen and oxygen atoms in total. The minimum Gasteiger partial charge on any atom is -0.288 e. The molecule has 0 spiro atoms. The molecule has 0 bridgehead atoms. The van der Waals surface area contributed by atoms with Gasteiger partial charge in [0.05, 0.1) is 20.1 Å². The number of ketones is 1. The van der Waals surface area contributed by atoms with Crippen molar-refractivity contribution in [3.63, 3.8) is 0 Å². The Balaban J connectivity index is 2.56. The van der Waals surface area contributed by atoms with Gasteiger partial charge >= 0.3 is 0 Å². The second kappa shape index (κ2) is 5.57. The van der Waals surface area contributed by atoms with Crippen LogP contribution in [0.4, 0.5) is 8.78 Å². The number of carbonyl (C=O) groups is 1. The van der Waals surface area contributed by atoms with E-state index in [0.717, 1.165) is 12.1 Å². The molecule has 98 valence electrons. The second-order valence-electron chi connectivity index (χ2n) is 3.68. The predicted molar refractivity (Wildman–Crippen MR) is 74.0 cm³/mol. The summed E-state index contributed by atoms with van der Waals surface area (Å²) >= 11 is 14.5. The Labute approximate surface area is 126 Å². The van der Waals surface area contributed by atoms with Crippen molar-refractivity contribution in [2.24, 2.45) is 0 Å². The third kappa shape index (κ3) is 2.81. The molecule has 0 atom stereocenters. The maximum Gasteiger partial charge on any atom is 0.197 e. The van der Waals surface area contributed by atoms with Crippen molar-refractivity contribution in [2.75, 3.05) is 0 Å². The number of carbonyl (C=O) groups excluding carboxylic acids is 1. The van der Waals surface area contributed by atoms with Crippen molar-refractivity contribution in [1.29, 1.82) is 0 Å². The van der Waals surface area contributed by atoms with Crippen molar-refractivity contribution in [3.8, 4) is 0 Å². The van der Waals surface area contributed by atoms with E-state index >= 15 is 0 Å². The fraction of sp³-hybridized carbons (Fsp3) is 0. The van der Waals surface area contributed by atoms with Gasteiger partial charge in [-0.15, -0.1) is 0 Å². The van der Waals surface area contributed by atoms with Crippen LogP contribution in [0.2, 0.25) is 10.0 Å². The minimum atomic E-state index is -0.839. The Morgan fingerprint density at radius 2 is 1.74 bits per heavy atom. The van der Waals surface area contributed by atoms with E-state index < -0.39 is 23.0 Å². The lowest BCUT2D eigenvalue weighted by atomic mass is 10.0. The predicted octanol–water partition coefficient (Wildman–Crippen LogP) is 5.27. The molecule has 0 aliphatic carbocycles. The molecule has 6 heteroatoms. The third-order valence-corrected chi connectivity index (χ3v) is 3.88. The number of hydrogen-bond acceptors (Lipinski definition) is 1. The van der Waals surface area contributed by atoms with E-state index in [1.807, 2.05) is 0 Å². The zero-order valence-electron chi connectivity index (χ0n) is 9.18. The van der Waals surface area contributed by atoms with E-state index in [1.165, 1.54) is 18.2 Å². The summed E-state index contributed by atoms with van der Waals surface area (Å²) in [5, 5.41) is 0.183. The van der Waals surface area contributed by atoms with Gasteiger partial charge in [-0.3, -0.25) is 4.79 Å². The molecule has 0 fully saturated rings. The summed E-state index contributed by atoms with van der Waals surface area (Å²) in [5.74, 6) is -2.30. The first kappa shape index (κ1) is 14.4. The maximum absolute atomic E-state index is 13.7. The highest BCUT2D eigenvalue weighted by molar-refractivity contribution is 9.10. The minimum absolute atomic E-state index is 0.0110. The number of rotatable bonds is 2. The first-order chi connectivity index (χ1) is 8.91. The van der Waals surface area contributed by atoms with Crippen LogP contribution in [-0.2, 0) is 0 Å². The fourth-order valence-corrected chi connectivity index (χ4v) is 2.22. The van der Waals surface area contributed by atoms with Crippen molar-refractivity contribution >= 4 is 44.9 Å². The average Bonchev–Trinajstić information content (AvgIpc) is 2.36. The molecular weight excluding hydrogens is 361 g/mol. The van der Waals surface area contributed by atoms with E-state index in [-0.39, 0.29) is 20.1 Å². The summed E-state index contributed by atoms with van der Waals surface area (Å²) in [7, 11) is 0. The van der Waals surface area contributed by atoms with Gasteiger partial charge in [0.2, 0.25) is 0 Å². The van der Waals surface area contributed by atoms with E-state index in [9.17, 15) is 13.6 Å². The Bertz CT molecular complexity index is 674. The lowest BCUT2D eigenvalue weighted by Gasteiger charge is -2.07. The molecule has 2 aromatic carbocycles. The average molecular weight is 366 g/mol. The van der Waals surface area contributed by atoms with Gasteiger partial charge in [0.1, 0.15) is 11.6 Å². The zero-order valence-corrected chi connectivity index (χ0v) is 12.3. The topological polar surface area (TPSA) is 17.1 Å². The van der Waals surface area contributed by atoms with Crippen LogP contribution in [0.25, 0.3) is 0 Å². The molecule has 2 rings (SSSR count). The standard InChI is InChI=1S/C13H5BrCl2F2O/c14-8-5-10(17)7(4-11(8)18)13(19)6-2-1-3-9(15)12(6)16/h1-5H. The fourth-order valence-electron chi connectivity index (χ4n) is 1.52. The Hall–Kier alpha value is -0.970. The Kier molecular flexibility index (Phi) is 4.23. The first-order valence-electron chi connectivity index (χ1n) is 5.05. The first-order valence-corrected chi connectivity index (χ1v) is 6.60. The molecule has 0 N–H and O–H groups in total. The zero-order chi connectivity index (χ0) is 14.2. The van der Waals surface area contributed by atoms with Crippen LogP contribution < -0.4 is 0 Å². The summed E-state index contributed by atoms with van der Waals surface area (Å²) in [6.45, 7) is 0. The SMILES string of the molecule is O=C(c1cc(F)c(Br)cc1F)c1cccc(Cl)c1Cl. The number of halogens is 5. The van der Waals surface area contributed by atoms with Gasteiger partial charge in [0.15, 0.2) is 5.78 Å².